The maximum atomic E-state index is 9.91. The lowest BCUT2D eigenvalue weighted by molar-refractivity contribution is 0.672. The molecule has 28 aromatic carbocycles. The summed E-state index contributed by atoms with van der Waals surface area (Å²) in [6.07, 6.45) is 0. The van der Waals surface area contributed by atoms with Crippen molar-refractivity contribution in [2.75, 3.05) is 0 Å². The molecule has 0 saturated carbocycles. The van der Waals surface area contributed by atoms with Gasteiger partial charge in [0.05, 0.1) is 112 Å². The Hall–Kier alpha value is -18.5. The van der Waals surface area contributed by atoms with Gasteiger partial charge in [-0.15, -0.1) is 0 Å². The number of hydrogen-bond acceptors (Lipinski definition) is 3. The molecule has 0 unspecified atom stereocenters. The van der Waals surface area contributed by atoms with E-state index in [0.29, 0.717) is 0 Å². The molecule has 0 radical (unpaired) electrons. The number of rotatable bonds is 7. The van der Waals surface area contributed by atoms with E-state index in [1.54, 1.807) is 0 Å². The summed E-state index contributed by atoms with van der Waals surface area (Å²) in [6.45, 7) is 0. The zero-order valence-corrected chi connectivity index (χ0v) is 70.2. The van der Waals surface area contributed by atoms with Crippen LogP contribution in [0.3, 0.4) is 0 Å². The van der Waals surface area contributed by atoms with Crippen LogP contribution in [0.15, 0.2) is 509 Å². The zero-order chi connectivity index (χ0) is 164. The molecular weight excluding hydrogens is 1710 g/mol. The molecule has 0 fully saturated rings. The first-order valence-corrected chi connectivity index (χ1v) is 42.0. The Morgan fingerprint density at radius 2 is 0.355 bits per heavy atom. The van der Waals surface area contributed by atoms with Crippen LogP contribution in [-0.4, -0.2) is 0 Å². The quantitative estimate of drug-likeness (QED) is 0.118. The molecular formula is C138H82O3. The average Bonchev–Trinajstić information content (AvgIpc) is 1.67. The van der Waals surface area contributed by atoms with Crippen LogP contribution in [0.4, 0.5) is 0 Å². The van der Waals surface area contributed by atoms with Gasteiger partial charge >= 0.3 is 0 Å². The van der Waals surface area contributed by atoms with Gasteiger partial charge in [-0.05, 0) is 278 Å². The Morgan fingerprint density at radius 1 is 0.121 bits per heavy atom. The van der Waals surface area contributed by atoms with Crippen molar-refractivity contribution < 1.29 is 126 Å². The van der Waals surface area contributed by atoms with E-state index in [1.165, 1.54) is 0 Å². The topological polar surface area (TPSA) is 39.4 Å². The van der Waals surface area contributed by atoms with Gasteiger partial charge in [0, 0.05) is 48.5 Å². The molecule has 0 bridgehead atoms. The second kappa shape index (κ2) is 32.1. The first kappa shape index (κ1) is 33.4. The number of fused-ring (bicyclic) bond motifs is 30. The maximum absolute atomic E-state index is 9.91. The van der Waals surface area contributed by atoms with Crippen LogP contribution in [0, 0.1) is 0 Å². The fourth-order valence-electron chi connectivity index (χ4n) is 18.2. The molecule has 0 amide bonds. The lowest BCUT2D eigenvalue weighted by Gasteiger charge is -2.20. The molecule has 0 saturated heterocycles. The first-order chi connectivity index (χ1) is 104. The average molecular weight is 1870 g/mol. The Balaban J connectivity index is 0.000000142. The highest BCUT2D eigenvalue weighted by atomic mass is 16.3. The summed E-state index contributed by atoms with van der Waals surface area (Å²) in [5.74, 6) is 0. The fraction of sp³-hybridized carbons (Fsp3) is 0. The third-order valence-corrected chi connectivity index (χ3v) is 24.1. The molecule has 31 aromatic rings. The van der Waals surface area contributed by atoms with E-state index >= 15 is 0 Å². The third-order valence-electron chi connectivity index (χ3n) is 24.1. The van der Waals surface area contributed by atoms with Crippen molar-refractivity contribution in [3.63, 3.8) is 0 Å². The van der Waals surface area contributed by atoms with E-state index < -0.39 is 801 Å². The summed E-state index contributed by atoms with van der Waals surface area (Å²) >= 11 is 0. The smallest absolute Gasteiger partial charge is 0.143 e. The molecule has 31 rings (SSSR count). The van der Waals surface area contributed by atoms with Gasteiger partial charge in [-0.2, -0.15) is 0 Å². The second-order valence-electron chi connectivity index (χ2n) is 31.3. The fourth-order valence-corrected chi connectivity index (χ4v) is 18.2. The largest absolute Gasteiger partial charge is 0.455 e. The Bertz CT molecular complexity index is 15900. The Morgan fingerprint density at radius 3 is 0.752 bits per heavy atom. The van der Waals surface area contributed by atoms with Crippen LogP contribution in [-0.2, 0) is 0 Å². The van der Waals surface area contributed by atoms with E-state index in [0.717, 1.165) is 0 Å². The van der Waals surface area contributed by atoms with Crippen molar-refractivity contribution in [3.05, 3.63) is 495 Å². The van der Waals surface area contributed by atoms with Crippen LogP contribution in [0.5, 0.6) is 0 Å². The van der Waals surface area contributed by atoms with Crippen LogP contribution < -0.4 is 0 Å². The molecule has 0 N–H and O–H groups in total. The second-order valence-corrected chi connectivity index (χ2v) is 31.3. The summed E-state index contributed by atoms with van der Waals surface area (Å²) in [6, 6.07) is -74.1. The van der Waals surface area contributed by atoms with Gasteiger partial charge in [0.2, 0.25) is 0 Å². The van der Waals surface area contributed by atoms with Crippen molar-refractivity contribution in [3.8, 4) is 77.9 Å². The van der Waals surface area contributed by atoms with Gasteiger partial charge < -0.3 is 13.3 Å². The van der Waals surface area contributed by atoms with Gasteiger partial charge in [-0.25, -0.2) is 0 Å². The third kappa shape index (κ3) is 12.5. The lowest BCUT2D eigenvalue weighted by Crippen LogP contribution is -1.92. The minimum Gasteiger partial charge on any atom is -0.455 e. The number of hydrogen-bond donors (Lipinski definition) is 0. The first-order valence-electron chi connectivity index (χ1n) is 83.0. The molecule has 3 aromatic heterocycles. The van der Waals surface area contributed by atoms with E-state index in [2.05, 4.69) is 0 Å². The standard InChI is InChI=1S/C50H30O.2C44H26O/c1-2-11-31(12-3-1)33-24-26-37-34(29-33)21-22-35-30-36(25-27-38(35)37)47-40-15-6-8-17-42(40)48(43-18-9-7-16-41(43)47)44-19-10-20-46-49(44)45-28-23-32-13-4-5-14-39(32)50(45)51-46;1-4-15-30-27(12-1)24-25-38-43-37(22-11-23-40(43)45-44(30)38)41-33-18-7-9-20-35(33)42(36-21-10-8-19-34(36)41)39-26-28-13-2-3-14-29(28)31-16-5-6-17-32(31)39;1-3-13-29-27(11-1)23-25-32-31(29)19-9-20-33(32)41-34-15-5-7-17-36(34)42(37-18-8-6-16-35(37)41)38-21-10-22-40-43(38)39-26-24-28-12-2-4-14-30(28)44(39)45-40/h1-30H;2*1-26H/i1D,2D,3D,4D,5D,6D,7D,8D,9D,10D,11D,12D,13D,14D,15D,16D,17D,18D,19D,20D,21D,22D,23D,24D,25D,26D,27D,28D,29D,30D;2*1D,2D,3D,4D,5D,6D,7D,8D,9D,10D,11D,12D,13D,14D,15D,16D,17D,18D,19D,20D,21D,22D,23D,24D,25D,26D. The highest BCUT2D eigenvalue weighted by Gasteiger charge is 2.28. The SMILES string of the molecule is [2H]c1c([2H])c(-c2c3c([2H])c([2H])c([2H])c([2H])c3c(-c3c([2H])c([2H])c([2H])c4c3c([2H])c([2H])c3c([2H])c([2H])c([2H])c([2H])c34)c3c([2H])c([2H])c([2H])c([2H])c23)c2c(oc3c4c([2H])c([2H])c([2H])c([2H])c4c([2H])c([2H])c32)c1[2H].[2H]c1c([2H])c(-c2c3c([2H])c([2H])c([2H])c([2H])c3c(-c3c([2H])c4c([2H])c([2H])c([2H])c([2H])c4c4c([2H])c([2H])c([2H])c([2H])c34)c3c([2H])c([2H])c([2H])c([2H])c23)c2c(oc3c4c([2H])c([2H])c([2H])c([2H])c4c([2H])c([2H])c32)c1[2H].[2H]c1c([2H])c([2H])c(-c2c([2H])c([2H])c3c(c2[2H])c([2H])c([2H])c2c([2H])c(-c4c5c([2H])c([2H])c([2H])c([2H])c5c(-c5c([2H])c([2H])c([2H])c6oc7c8c([2H])c([2H])c([2H])c([2H])c8c([2H])c([2H])c7c56)c5c([2H])c([2H])c([2H])c([2H])c45)c([2H])c([2H])c23)c([2H])c1[2H]. The summed E-state index contributed by atoms with van der Waals surface area (Å²) in [5, 5.41) is -22.1. The molecule has 0 aliphatic carbocycles. The summed E-state index contributed by atoms with van der Waals surface area (Å²) in [4.78, 5) is 0. The van der Waals surface area contributed by atoms with Crippen LogP contribution in [0.2, 0.25) is 0 Å². The summed E-state index contributed by atoms with van der Waals surface area (Å²) < 4.78 is 760. The van der Waals surface area contributed by atoms with Crippen LogP contribution in [0.1, 0.15) is 112 Å². The molecule has 3 heteroatoms. The molecule has 0 atom stereocenters. The maximum Gasteiger partial charge on any atom is 0.143 e. The summed E-state index contributed by atoms with van der Waals surface area (Å²) in [5.41, 5.74) is -13.6. The highest BCUT2D eigenvalue weighted by Crippen LogP contribution is 2.55. The molecule has 0 spiro atoms. The van der Waals surface area contributed by atoms with Crippen molar-refractivity contribution in [1.29, 1.82) is 0 Å². The monoisotopic (exact) mass is 1870 g/mol. The zero-order valence-electron chi connectivity index (χ0n) is 152. The molecule has 652 valence electrons. The van der Waals surface area contributed by atoms with Gasteiger partial charge in [0.15, 0.2) is 0 Å². The van der Waals surface area contributed by atoms with Crippen molar-refractivity contribution in [1.82, 2.24) is 0 Å². The van der Waals surface area contributed by atoms with E-state index in [9.17, 15) is 39.8 Å². The minimum atomic E-state index is -1.08. The van der Waals surface area contributed by atoms with Crippen molar-refractivity contribution >= 4 is 227 Å². The minimum absolute atomic E-state index is 0.447. The van der Waals surface area contributed by atoms with E-state index in [1.807, 2.05) is 0 Å². The Kier molecular flexibility index (Phi) is 7.60. The number of furan rings is 3. The van der Waals surface area contributed by atoms with Gasteiger partial charge in [-0.1, -0.05) is 441 Å². The van der Waals surface area contributed by atoms with Crippen molar-refractivity contribution in [2.24, 2.45) is 0 Å². The number of benzene rings is 28. The Labute approximate surface area is 925 Å². The molecule has 0 aliphatic rings. The summed E-state index contributed by atoms with van der Waals surface area (Å²) in [7, 11) is 0. The van der Waals surface area contributed by atoms with Crippen LogP contribution >= 0.6 is 0 Å². The van der Waals surface area contributed by atoms with Gasteiger partial charge in [0.1, 0.15) is 33.5 Å². The predicted octanol–water partition coefficient (Wildman–Crippen LogP) is 39.7. The van der Waals surface area contributed by atoms with Gasteiger partial charge in [-0.3, -0.25) is 0 Å². The lowest BCUT2D eigenvalue weighted by atomic mass is 9.83. The van der Waals surface area contributed by atoms with Crippen molar-refractivity contribution in [2.45, 2.75) is 0 Å². The van der Waals surface area contributed by atoms with E-state index in [4.69, 9.17) is 85.9 Å². The highest BCUT2D eigenvalue weighted by molar-refractivity contribution is 6.34. The normalized spacial score (nSPS) is 20.1. The predicted molar refractivity (Wildman–Crippen MR) is 602 cm³/mol. The molecule has 3 heterocycles. The van der Waals surface area contributed by atoms with Gasteiger partial charge in [0.25, 0.3) is 0 Å². The molecule has 0 aliphatic heterocycles. The van der Waals surface area contributed by atoms with Crippen LogP contribution in [0.25, 0.3) is 305 Å². The molecule has 3 nitrogen and oxygen atoms in total. The van der Waals surface area contributed by atoms with E-state index in [-0.39, 0.29) is 0 Å². The molecule has 141 heavy (non-hydrogen) atoms.